The number of ether oxygens (including phenoxy) is 1. The second-order valence-corrected chi connectivity index (χ2v) is 7.34. The van der Waals surface area contributed by atoms with Gasteiger partial charge in [-0.05, 0) is 69.1 Å². The van der Waals surface area contributed by atoms with E-state index in [0.717, 1.165) is 37.1 Å². The van der Waals surface area contributed by atoms with Crippen molar-refractivity contribution in [2.75, 3.05) is 13.1 Å². The van der Waals surface area contributed by atoms with Crippen LogP contribution in [-0.2, 0) is 12.8 Å². The predicted octanol–water partition coefficient (Wildman–Crippen LogP) is 4.95. The average molecular weight is 420 g/mol. The molecule has 0 saturated heterocycles. The van der Waals surface area contributed by atoms with Crippen molar-refractivity contribution in [3.8, 4) is 28.6 Å². The van der Waals surface area contributed by atoms with Gasteiger partial charge in [0.1, 0.15) is 5.75 Å². The van der Waals surface area contributed by atoms with E-state index in [0.29, 0.717) is 22.5 Å². The molecule has 0 saturated carbocycles. The van der Waals surface area contributed by atoms with Gasteiger partial charge in [0, 0.05) is 11.1 Å². The van der Waals surface area contributed by atoms with E-state index in [1.807, 2.05) is 26.0 Å². The molecule has 148 valence electrons. The SMILES string of the molecule is CC(C)Oc1ccc(-c2nc(-c3cccc4c3CCNCC4)no2)cc1Cl.Cl. The first kappa shape index (κ1) is 20.6. The molecule has 0 fully saturated rings. The Bertz CT molecular complexity index is 957. The monoisotopic (exact) mass is 419 g/mol. The summed E-state index contributed by atoms with van der Waals surface area (Å²) in [5.74, 6) is 1.71. The molecule has 2 heterocycles. The third kappa shape index (κ3) is 4.32. The summed E-state index contributed by atoms with van der Waals surface area (Å²) in [7, 11) is 0. The number of benzene rings is 2. The summed E-state index contributed by atoms with van der Waals surface area (Å²) in [6, 6.07) is 11.8. The fraction of sp³-hybridized carbons (Fsp3) is 0.333. The molecule has 1 aliphatic heterocycles. The van der Waals surface area contributed by atoms with E-state index in [2.05, 4.69) is 33.7 Å². The Morgan fingerprint density at radius 3 is 2.75 bits per heavy atom. The third-order valence-electron chi connectivity index (χ3n) is 4.60. The van der Waals surface area contributed by atoms with E-state index in [4.69, 9.17) is 20.9 Å². The van der Waals surface area contributed by atoms with Gasteiger partial charge in [-0.3, -0.25) is 0 Å². The fourth-order valence-corrected chi connectivity index (χ4v) is 3.59. The lowest BCUT2D eigenvalue weighted by molar-refractivity contribution is 0.242. The number of halogens is 2. The summed E-state index contributed by atoms with van der Waals surface area (Å²) in [6.07, 6.45) is 2.04. The van der Waals surface area contributed by atoms with Crippen LogP contribution in [-0.4, -0.2) is 29.3 Å². The molecule has 28 heavy (non-hydrogen) atoms. The molecule has 0 unspecified atom stereocenters. The van der Waals surface area contributed by atoms with Crippen LogP contribution in [0.15, 0.2) is 40.9 Å². The molecule has 7 heteroatoms. The topological polar surface area (TPSA) is 60.2 Å². The second kappa shape index (κ2) is 8.95. The molecular formula is C21H23Cl2N3O2. The second-order valence-electron chi connectivity index (χ2n) is 6.93. The van der Waals surface area contributed by atoms with Gasteiger partial charge in [0.25, 0.3) is 5.89 Å². The van der Waals surface area contributed by atoms with Crippen molar-refractivity contribution in [3.05, 3.63) is 52.5 Å². The lowest BCUT2D eigenvalue weighted by Crippen LogP contribution is -2.16. The van der Waals surface area contributed by atoms with Crippen molar-refractivity contribution in [2.45, 2.75) is 32.8 Å². The van der Waals surface area contributed by atoms with Gasteiger partial charge in [-0.25, -0.2) is 0 Å². The van der Waals surface area contributed by atoms with Gasteiger partial charge < -0.3 is 14.6 Å². The summed E-state index contributed by atoms with van der Waals surface area (Å²) >= 11 is 6.34. The number of rotatable bonds is 4. The van der Waals surface area contributed by atoms with Crippen LogP contribution in [0.5, 0.6) is 5.75 Å². The van der Waals surface area contributed by atoms with Gasteiger partial charge in [0.15, 0.2) is 0 Å². The van der Waals surface area contributed by atoms with Gasteiger partial charge in [0.2, 0.25) is 5.82 Å². The van der Waals surface area contributed by atoms with E-state index < -0.39 is 0 Å². The van der Waals surface area contributed by atoms with Crippen LogP contribution in [0.3, 0.4) is 0 Å². The smallest absolute Gasteiger partial charge is 0.258 e. The van der Waals surface area contributed by atoms with Crippen molar-refractivity contribution in [3.63, 3.8) is 0 Å². The molecule has 5 nitrogen and oxygen atoms in total. The Kier molecular flexibility index (Phi) is 6.60. The van der Waals surface area contributed by atoms with Gasteiger partial charge in [-0.15, -0.1) is 12.4 Å². The van der Waals surface area contributed by atoms with Crippen LogP contribution >= 0.6 is 24.0 Å². The first-order valence-electron chi connectivity index (χ1n) is 9.24. The van der Waals surface area contributed by atoms with Crippen LogP contribution in [0.1, 0.15) is 25.0 Å². The minimum absolute atomic E-state index is 0. The zero-order valence-electron chi connectivity index (χ0n) is 15.9. The Balaban J connectivity index is 0.00000225. The molecule has 4 rings (SSSR count). The molecule has 2 aromatic carbocycles. The quantitative estimate of drug-likeness (QED) is 0.647. The van der Waals surface area contributed by atoms with Gasteiger partial charge in [-0.1, -0.05) is 35.0 Å². The van der Waals surface area contributed by atoms with Gasteiger partial charge in [-0.2, -0.15) is 4.98 Å². The van der Waals surface area contributed by atoms with Gasteiger partial charge in [0.05, 0.1) is 11.1 Å². The zero-order chi connectivity index (χ0) is 18.8. The number of nitrogens with one attached hydrogen (secondary N) is 1. The summed E-state index contributed by atoms with van der Waals surface area (Å²) < 4.78 is 11.2. The molecule has 0 aliphatic carbocycles. The van der Waals surface area contributed by atoms with Crippen LogP contribution < -0.4 is 10.1 Å². The molecular weight excluding hydrogens is 397 g/mol. The Hall–Kier alpha value is -2.08. The minimum atomic E-state index is 0. The van der Waals surface area contributed by atoms with Crippen LogP contribution in [0.25, 0.3) is 22.8 Å². The first-order valence-corrected chi connectivity index (χ1v) is 9.62. The summed E-state index contributed by atoms with van der Waals surface area (Å²) in [5, 5.41) is 8.19. The first-order chi connectivity index (χ1) is 13.1. The maximum atomic E-state index is 6.34. The van der Waals surface area contributed by atoms with Crippen molar-refractivity contribution >= 4 is 24.0 Å². The normalized spacial score (nSPS) is 13.6. The summed E-state index contributed by atoms with van der Waals surface area (Å²) in [5.41, 5.74) is 4.46. The number of hydrogen-bond donors (Lipinski definition) is 1. The molecule has 0 amide bonds. The highest BCUT2D eigenvalue weighted by Crippen LogP contribution is 2.32. The summed E-state index contributed by atoms with van der Waals surface area (Å²) in [6.45, 7) is 5.89. The number of aromatic nitrogens is 2. The number of fused-ring (bicyclic) bond motifs is 1. The van der Waals surface area contributed by atoms with Crippen LogP contribution in [0.4, 0.5) is 0 Å². The van der Waals surface area contributed by atoms with Crippen molar-refractivity contribution in [2.24, 2.45) is 0 Å². The van der Waals surface area contributed by atoms with Crippen LogP contribution in [0.2, 0.25) is 5.02 Å². The fourth-order valence-electron chi connectivity index (χ4n) is 3.37. The minimum Gasteiger partial charge on any atom is -0.489 e. The van der Waals surface area contributed by atoms with Crippen molar-refractivity contribution < 1.29 is 9.26 Å². The molecule has 0 atom stereocenters. The Morgan fingerprint density at radius 2 is 1.96 bits per heavy atom. The molecule has 0 bridgehead atoms. The Morgan fingerprint density at radius 1 is 1.14 bits per heavy atom. The molecule has 1 N–H and O–H groups in total. The zero-order valence-corrected chi connectivity index (χ0v) is 17.4. The molecule has 1 aliphatic rings. The highest BCUT2D eigenvalue weighted by molar-refractivity contribution is 6.32. The average Bonchev–Trinajstić information content (AvgIpc) is 3.01. The van der Waals surface area contributed by atoms with E-state index in [1.54, 1.807) is 6.07 Å². The third-order valence-corrected chi connectivity index (χ3v) is 4.90. The van der Waals surface area contributed by atoms with E-state index >= 15 is 0 Å². The van der Waals surface area contributed by atoms with E-state index in [1.165, 1.54) is 11.1 Å². The van der Waals surface area contributed by atoms with Gasteiger partial charge >= 0.3 is 0 Å². The number of nitrogens with zero attached hydrogens (tertiary/aromatic N) is 2. The highest BCUT2D eigenvalue weighted by atomic mass is 35.5. The summed E-state index contributed by atoms with van der Waals surface area (Å²) in [4.78, 5) is 4.62. The predicted molar refractivity (Wildman–Crippen MR) is 113 cm³/mol. The maximum absolute atomic E-state index is 6.34. The maximum Gasteiger partial charge on any atom is 0.258 e. The molecule has 3 aromatic rings. The molecule has 0 radical (unpaired) electrons. The van der Waals surface area contributed by atoms with E-state index in [9.17, 15) is 0 Å². The Labute approximate surface area is 175 Å². The lowest BCUT2D eigenvalue weighted by Gasteiger charge is -2.11. The van der Waals surface area contributed by atoms with Crippen molar-refractivity contribution in [1.82, 2.24) is 15.5 Å². The van der Waals surface area contributed by atoms with E-state index in [-0.39, 0.29) is 18.5 Å². The van der Waals surface area contributed by atoms with Crippen LogP contribution in [0, 0.1) is 0 Å². The lowest BCUT2D eigenvalue weighted by atomic mass is 9.97. The molecule has 1 aromatic heterocycles. The molecule has 0 spiro atoms. The largest absolute Gasteiger partial charge is 0.489 e. The standard InChI is InChI=1S/C21H22ClN3O2.ClH/c1-13(2)26-19-7-6-15(12-18(19)22)21-24-20(25-27-21)17-5-3-4-14-8-10-23-11-9-16(14)17;/h3-7,12-13,23H,8-11H2,1-2H3;1H. The highest BCUT2D eigenvalue weighted by Gasteiger charge is 2.18. The van der Waals surface area contributed by atoms with Crippen molar-refractivity contribution in [1.29, 1.82) is 0 Å². The number of hydrogen-bond acceptors (Lipinski definition) is 5.